The van der Waals surface area contributed by atoms with Crippen molar-refractivity contribution in [3.8, 4) is 0 Å². The van der Waals surface area contributed by atoms with Gasteiger partial charge in [-0.3, -0.25) is 4.68 Å². The lowest BCUT2D eigenvalue weighted by Gasteiger charge is -2.30. The van der Waals surface area contributed by atoms with Crippen molar-refractivity contribution >= 4 is 0 Å². The van der Waals surface area contributed by atoms with E-state index in [0.717, 1.165) is 31.7 Å². The van der Waals surface area contributed by atoms with Crippen molar-refractivity contribution in [3.05, 3.63) is 18.0 Å². The van der Waals surface area contributed by atoms with Crippen LogP contribution in [0.15, 0.2) is 12.3 Å². The van der Waals surface area contributed by atoms with Crippen molar-refractivity contribution in [2.45, 2.75) is 84.2 Å². The lowest BCUT2D eigenvalue weighted by atomic mass is 9.82. The van der Waals surface area contributed by atoms with Gasteiger partial charge < -0.3 is 5.32 Å². The highest BCUT2D eigenvalue weighted by atomic mass is 15.3. The predicted octanol–water partition coefficient (Wildman–Crippen LogP) is 4.35. The van der Waals surface area contributed by atoms with E-state index in [0.29, 0.717) is 12.1 Å². The monoisotopic (exact) mass is 291 g/mol. The largest absolute Gasteiger partial charge is 0.314 e. The minimum absolute atomic E-state index is 0.561. The summed E-state index contributed by atoms with van der Waals surface area (Å²) in [5.41, 5.74) is 1.26. The Morgan fingerprint density at radius 2 is 1.90 bits per heavy atom. The van der Waals surface area contributed by atoms with Crippen LogP contribution < -0.4 is 5.32 Å². The zero-order valence-electron chi connectivity index (χ0n) is 14.1. The van der Waals surface area contributed by atoms with Gasteiger partial charge in [0.2, 0.25) is 0 Å². The van der Waals surface area contributed by atoms with Crippen LogP contribution >= 0.6 is 0 Å². The zero-order chi connectivity index (χ0) is 15.1. The summed E-state index contributed by atoms with van der Waals surface area (Å²) in [7, 11) is 0. The smallest absolute Gasteiger partial charge is 0.0640 e. The predicted molar refractivity (Wildman–Crippen MR) is 89.6 cm³/mol. The molecule has 0 radical (unpaired) electrons. The van der Waals surface area contributed by atoms with Crippen LogP contribution in [-0.2, 0) is 6.42 Å². The van der Waals surface area contributed by atoms with Crippen molar-refractivity contribution in [3.63, 3.8) is 0 Å². The molecule has 0 aliphatic heterocycles. The van der Waals surface area contributed by atoms with Gasteiger partial charge in [-0.15, -0.1) is 0 Å². The lowest BCUT2D eigenvalue weighted by molar-refractivity contribution is 0.268. The SMILES string of the molecule is CCNC(Cc1ccn(C(CC)CC)n1)C1CCCCC1. The number of aromatic nitrogens is 2. The molecule has 1 aromatic rings. The molecule has 0 amide bonds. The van der Waals surface area contributed by atoms with E-state index >= 15 is 0 Å². The Morgan fingerprint density at radius 3 is 2.52 bits per heavy atom. The van der Waals surface area contributed by atoms with Crippen LogP contribution in [0.2, 0.25) is 0 Å². The molecule has 1 saturated carbocycles. The van der Waals surface area contributed by atoms with Crippen LogP contribution in [0.3, 0.4) is 0 Å². The first-order chi connectivity index (χ1) is 10.3. The number of nitrogens with zero attached hydrogens (tertiary/aromatic N) is 2. The molecule has 1 atom stereocenters. The van der Waals surface area contributed by atoms with E-state index < -0.39 is 0 Å². The van der Waals surface area contributed by atoms with Gasteiger partial charge in [0.15, 0.2) is 0 Å². The Hall–Kier alpha value is -0.830. The number of nitrogens with one attached hydrogen (secondary N) is 1. The van der Waals surface area contributed by atoms with Gasteiger partial charge >= 0.3 is 0 Å². The summed E-state index contributed by atoms with van der Waals surface area (Å²) in [6, 6.07) is 3.40. The first-order valence-corrected chi connectivity index (χ1v) is 9.05. The maximum atomic E-state index is 4.85. The molecule has 120 valence electrons. The van der Waals surface area contributed by atoms with E-state index in [1.807, 2.05) is 0 Å². The summed E-state index contributed by atoms with van der Waals surface area (Å²) >= 11 is 0. The Balaban J connectivity index is 1.99. The topological polar surface area (TPSA) is 29.9 Å². The van der Waals surface area contributed by atoms with Gasteiger partial charge in [-0.2, -0.15) is 5.10 Å². The van der Waals surface area contributed by atoms with Crippen molar-refractivity contribution in [2.24, 2.45) is 5.92 Å². The molecule has 3 nitrogen and oxygen atoms in total. The highest BCUT2D eigenvalue weighted by Gasteiger charge is 2.24. The molecule has 1 aromatic heterocycles. The molecule has 0 saturated heterocycles. The van der Waals surface area contributed by atoms with Crippen molar-refractivity contribution in [2.75, 3.05) is 6.54 Å². The molecule has 21 heavy (non-hydrogen) atoms. The van der Waals surface area contributed by atoms with Gasteiger partial charge in [0, 0.05) is 18.7 Å². The maximum absolute atomic E-state index is 4.85. The number of hydrogen-bond acceptors (Lipinski definition) is 2. The van der Waals surface area contributed by atoms with Gasteiger partial charge in [-0.1, -0.05) is 40.0 Å². The minimum Gasteiger partial charge on any atom is -0.314 e. The summed E-state index contributed by atoms with van der Waals surface area (Å²) in [5, 5.41) is 8.56. The fourth-order valence-electron chi connectivity index (χ4n) is 3.78. The van der Waals surface area contributed by atoms with E-state index in [-0.39, 0.29) is 0 Å². The fourth-order valence-corrected chi connectivity index (χ4v) is 3.78. The first-order valence-electron chi connectivity index (χ1n) is 9.05. The molecular formula is C18H33N3. The van der Waals surface area contributed by atoms with E-state index in [2.05, 4.69) is 43.0 Å². The fraction of sp³-hybridized carbons (Fsp3) is 0.833. The van der Waals surface area contributed by atoms with Gasteiger partial charge in [-0.25, -0.2) is 0 Å². The van der Waals surface area contributed by atoms with Crippen LogP contribution in [-0.4, -0.2) is 22.4 Å². The molecule has 1 N–H and O–H groups in total. The third-order valence-corrected chi connectivity index (χ3v) is 5.09. The number of rotatable bonds is 8. The average Bonchev–Trinajstić information content (AvgIpc) is 2.97. The quantitative estimate of drug-likeness (QED) is 0.772. The van der Waals surface area contributed by atoms with Crippen molar-refractivity contribution in [1.29, 1.82) is 0 Å². The molecule has 0 spiro atoms. The summed E-state index contributed by atoms with van der Waals surface area (Å²) in [6.07, 6.45) is 12.6. The lowest BCUT2D eigenvalue weighted by Crippen LogP contribution is -2.39. The Kier molecular flexibility index (Phi) is 6.75. The highest BCUT2D eigenvalue weighted by Crippen LogP contribution is 2.28. The Bertz CT molecular complexity index is 389. The van der Waals surface area contributed by atoms with Crippen LogP contribution in [0, 0.1) is 5.92 Å². The molecular weight excluding hydrogens is 258 g/mol. The number of likely N-dealkylation sites (N-methyl/N-ethyl adjacent to an activating group) is 1. The molecule has 0 bridgehead atoms. The summed E-state index contributed by atoms with van der Waals surface area (Å²) < 4.78 is 2.18. The van der Waals surface area contributed by atoms with E-state index in [4.69, 9.17) is 5.10 Å². The molecule has 1 fully saturated rings. The van der Waals surface area contributed by atoms with Crippen LogP contribution in [0.25, 0.3) is 0 Å². The molecule has 1 aliphatic rings. The van der Waals surface area contributed by atoms with Gasteiger partial charge in [0.25, 0.3) is 0 Å². The second kappa shape index (κ2) is 8.57. The summed E-state index contributed by atoms with van der Waals surface area (Å²) in [5.74, 6) is 0.844. The number of hydrogen-bond donors (Lipinski definition) is 1. The normalized spacial score (nSPS) is 18.3. The van der Waals surface area contributed by atoms with Crippen LogP contribution in [0.5, 0.6) is 0 Å². The summed E-state index contributed by atoms with van der Waals surface area (Å²) in [6.45, 7) is 7.78. The average molecular weight is 291 g/mol. The molecule has 1 unspecified atom stereocenters. The van der Waals surface area contributed by atoms with Crippen molar-refractivity contribution in [1.82, 2.24) is 15.1 Å². The second-order valence-electron chi connectivity index (χ2n) is 6.52. The molecule has 2 rings (SSSR count). The molecule has 3 heteroatoms. The molecule has 1 heterocycles. The van der Waals surface area contributed by atoms with Gasteiger partial charge in [0.1, 0.15) is 0 Å². The summed E-state index contributed by atoms with van der Waals surface area (Å²) in [4.78, 5) is 0. The van der Waals surface area contributed by atoms with E-state index in [9.17, 15) is 0 Å². The van der Waals surface area contributed by atoms with Gasteiger partial charge in [-0.05, 0) is 44.2 Å². The third kappa shape index (κ3) is 4.57. The van der Waals surface area contributed by atoms with E-state index in [1.54, 1.807) is 0 Å². The zero-order valence-corrected chi connectivity index (χ0v) is 14.1. The standard InChI is InChI=1S/C18H33N3/c1-4-17(5-2)21-13-12-16(20-21)14-18(19-6-3)15-10-8-7-9-11-15/h12-13,15,17-19H,4-11,14H2,1-3H3. The van der Waals surface area contributed by atoms with Crippen molar-refractivity contribution < 1.29 is 0 Å². The third-order valence-electron chi connectivity index (χ3n) is 5.09. The Morgan fingerprint density at radius 1 is 1.19 bits per heavy atom. The maximum Gasteiger partial charge on any atom is 0.0640 e. The van der Waals surface area contributed by atoms with Gasteiger partial charge in [0.05, 0.1) is 11.7 Å². The van der Waals surface area contributed by atoms with Crippen LogP contribution in [0.1, 0.15) is 77.5 Å². The van der Waals surface area contributed by atoms with E-state index in [1.165, 1.54) is 37.8 Å². The molecule has 0 aromatic carbocycles. The Labute approximate surface area is 130 Å². The first kappa shape index (κ1) is 16.5. The second-order valence-corrected chi connectivity index (χ2v) is 6.52. The molecule has 1 aliphatic carbocycles. The highest BCUT2D eigenvalue weighted by molar-refractivity contribution is 5.03. The minimum atomic E-state index is 0.561. The van der Waals surface area contributed by atoms with Crippen LogP contribution in [0.4, 0.5) is 0 Å².